The number of rotatable bonds is 6. The van der Waals surface area contributed by atoms with E-state index >= 15 is 0 Å². The highest BCUT2D eigenvalue weighted by atomic mass is 16.7. The fraction of sp³-hybridized carbons (Fsp3) is 0.333. The topological polar surface area (TPSA) is 68.6 Å². The van der Waals surface area contributed by atoms with Crippen LogP contribution in [-0.2, 0) is 17.9 Å². The Labute approximate surface area is 217 Å². The van der Waals surface area contributed by atoms with Crippen molar-refractivity contribution in [2.75, 3.05) is 24.8 Å². The molecule has 7 nitrogen and oxygen atoms in total. The number of imidazole rings is 1. The predicted octanol–water partition coefficient (Wildman–Crippen LogP) is 4.96. The molecule has 0 aliphatic carbocycles. The van der Waals surface area contributed by atoms with Crippen molar-refractivity contribution in [3.05, 3.63) is 82.9 Å². The van der Waals surface area contributed by atoms with E-state index in [4.69, 9.17) is 14.5 Å². The van der Waals surface area contributed by atoms with Gasteiger partial charge in [0.25, 0.3) is 0 Å². The first kappa shape index (κ1) is 23.4. The highest BCUT2D eigenvalue weighted by molar-refractivity contribution is 5.80. The highest BCUT2D eigenvalue weighted by Gasteiger charge is 2.28. The molecule has 4 aromatic rings. The first-order valence-corrected chi connectivity index (χ1v) is 13.0. The zero-order chi connectivity index (χ0) is 25.4. The van der Waals surface area contributed by atoms with E-state index < -0.39 is 0 Å². The number of para-hydroxylation sites is 2. The lowest BCUT2D eigenvalue weighted by Crippen LogP contribution is -2.41. The number of hydrogen-bond donors (Lipinski definition) is 1. The predicted molar refractivity (Wildman–Crippen MR) is 144 cm³/mol. The van der Waals surface area contributed by atoms with Gasteiger partial charge in [-0.25, -0.2) is 4.98 Å². The Kier molecular flexibility index (Phi) is 6.20. The third-order valence-electron chi connectivity index (χ3n) is 7.52. The number of ether oxygens (including phenoxy) is 2. The maximum absolute atomic E-state index is 13.0. The van der Waals surface area contributed by atoms with E-state index in [2.05, 4.69) is 65.0 Å². The maximum atomic E-state index is 13.0. The van der Waals surface area contributed by atoms with E-state index in [-0.39, 0.29) is 18.6 Å². The summed E-state index contributed by atoms with van der Waals surface area (Å²) in [4.78, 5) is 20.3. The van der Waals surface area contributed by atoms with Crippen LogP contribution in [0.15, 0.2) is 60.7 Å². The molecule has 2 aliphatic heterocycles. The van der Waals surface area contributed by atoms with Crippen molar-refractivity contribution >= 4 is 22.9 Å². The SMILES string of the molecule is Cc1ccc(C)c(Cn2c(N3CCC(C(=O)NCc4ccc5c(c4)OCO5)CC3)nc3ccccc32)c1. The van der Waals surface area contributed by atoms with Crippen LogP contribution in [0.4, 0.5) is 5.95 Å². The standard InChI is InChI=1S/C30H32N4O3/c1-20-7-8-21(2)24(15-20)18-34-26-6-4-3-5-25(26)32-30(34)33-13-11-23(12-14-33)29(35)31-17-22-9-10-27-28(16-22)37-19-36-27/h3-10,15-16,23H,11-14,17-19H2,1-2H3,(H,31,35). The molecule has 0 saturated carbocycles. The molecule has 6 rings (SSSR count). The summed E-state index contributed by atoms with van der Waals surface area (Å²) >= 11 is 0. The van der Waals surface area contributed by atoms with E-state index in [1.54, 1.807) is 0 Å². The summed E-state index contributed by atoms with van der Waals surface area (Å²) in [5, 5.41) is 3.12. The molecule has 190 valence electrons. The molecule has 0 unspecified atom stereocenters. The number of aryl methyl sites for hydroxylation is 2. The van der Waals surface area contributed by atoms with E-state index in [9.17, 15) is 4.79 Å². The number of aromatic nitrogens is 2. The van der Waals surface area contributed by atoms with Crippen molar-refractivity contribution in [3.8, 4) is 11.5 Å². The lowest BCUT2D eigenvalue weighted by atomic mass is 9.96. The second kappa shape index (κ2) is 9.81. The van der Waals surface area contributed by atoms with Gasteiger partial charge in [0.2, 0.25) is 18.6 Å². The van der Waals surface area contributed by atoms with Gasteiger partial charge in [0.1, 0.15) is 0 Å². The molecule has 1 saturated heterocycles. The summed E-state index contributed by atoms with van der Waals surface area (Å²) in [6.07, 6.45) is 1.61. The minimum absolute atomic E-state index is 0.00195. The van der Waals surface area contributed by atoms with Crippen LogP contribution in [0.1, 0.15) is 35.1 Å². The fourth-order valence-electron chi connectivity index (χ4n) is 5.33. The molecular formula is C30H32N4O3. The minimum atomic E-state index is 0.00195. The first-order chi connectivity index (χ1) is 18.0. The number of anilines is 1. The average molecular weight is 497 g/mol. The zero-order valence-electron chi connectivity index (χ0n) is 21.4. The number of carbonyl (C=O) groups is 1. The summed E-state index contributed by atoms with van der Waals surface area (Å²) in [5.41, 5.74) is 7.01. The van der Waals surface area contributed by atoms with Crippen LogP contribution in [0.25, 0.3) is 11.0 Å². The Morgan fingerprint density at radius 2 is 1.81 bits per heavy atom. The molecule has 1 fully saturated rings. The zero-order valence-corrected chi connectivity index (χ0v) is 21.4. The molecule has 37 heavy (non-hydrogen) atoms. The Hall–Kier alpha value is -4.00. The number of carbonyl (C=O) groups excluding carboxylic acids is 1. The Balaban J connectivity index is 1.14. The summed E-state index contributed by atoms with van der Waals surface area (Å²) in [6, 6.07) is 20.8. The van der Waals surface area contributed by atoms with E-state index in [0.717, 1.165) is 66.5 Å². The van der Waals surface area contributed by atoms with Gasteiger partial charge in [-0.3, -0.25) is 4.79 Å². The van der Waals surface area contributed by atoms with Crippen molar-refractivity contribution < 1.29 is 14.3 Å². The Morgan fingerprint density at radius 3 is 2.68 bits per heavy atom. The van der Waals surface area contributed by atoms with Crippen molar-refractivity contribution in [2.24, 2.45) is 5.92 Å². The smallest absolute Gasteiger partial charge is 0.231 e. The third-order valence-corrected chi connectivity index (χ3v) is 7.52. The van der Waals surface area contributed by atoms with E-state index in [1.165, 1.54) is 16.7 Å². The van der Waals surface area contributed by atoms with Crippen molar-refractivity contribution in [1.29, 1.82) is 0 Å². The molecule has 3 heterocycles. The quantitative estimate of drug-likeness (QED) is 0.409. The molecule has 0 atom stereocenters. The van der Waals surface area contributed by atoms with E-state index in [0.29, 0.717) is 6.54 Å². The average Bonchev–Trinajstić information content (AvgIpc) is 3.54. The second-order valence-corrected chi connectivity index (χ2v) is 10.1. The number of amides is 1. The fourth-order valence-corrected chi connectivity index (χ4v) is 5.33. The monoisotopic (exact) mass is 496 g/mol. The van der Waals surface area contributed by atoms with Gasteiger partial charge >= 0.3 is 0 Å². The molecule has 0 radical (unpaired) electrons. The van der Waals surface area contributed by atoms with Gasteiger partial charge < -0.3 is 24.3 Å². The molecule has 7 heteroatoms. The van der Waals surface area contributed by atoms with E-state index in [1.807, 2.05) is 24.3 Å². The number of nitrogens with one attached hydrogen (secondary N) is 1. The molecule has 1 amide bonds. The third kappa shape index (κ3) is 4.73. The van der Waals surface area contributed by atoms with Crippen molar-refractivity contribution in [1.82, 2.24) is 14.9 Å². The van der Waals surface area contributed by atoms with Crippen LogP contribution < -0.4 is 19.7 Å². The molecule has 2 aliphatic rings. The summed E-state index contributed by atoms with van der Waals surface area (Å²) in [6.45, 7) is 7.43. The van der Waals surface area contributed by atoms with Crippen LogP contribution in [-0.4, -0.2) is 35.3 Å². The highest BCUT2D eigenvalue weighted by Crippen LogP contribution is 2.33. The summed E-state index contributed by atoms with van der Waals surface area (Å²) in [7, 11) is 0. The van der Waals surface area contributed by atoms with Gasteiger partial charge in [-0.05, 0) is 67.6 Å². The largest absolute Gasteiger partial charge is 0.454 e. The molecule has 0 spiro atoms. The first-order valence-electron chi connectivity index (χ1n) is 13.0. The van der Waals surface area contributed by atoms with Gasteiger partial charge in [0.15, 0.2) is 11.5 Å². The number of piperidine rings is 1. The van der Waals surface area contributed by atoms with Crippen LogP contribution in [0.2, 0.25) is 0 Å². The molecule has 1 aromatic heterocycles. The number of nitrogens with zero attached hydrogens (tertiary/aromatic N) is 3. The number of benzene rings is 3. The Bertz CT molecular complexity index is 1450. The van der Waals surface area contributed by atoms with Gasteiger partial charge in [0, 0.05) is 25.6 Å². The molecule has 3 aromatic carbocycles. The van der Waals surface area contributed by atoms with Gasteiger partial charge in [0.05, 0.1) is 17.6 Å². The van der Waals surface area contributed by atoms with Gasteiger partial charge in [-0.2, -0.15) is 0 Å². The van der Waals surface area contributed by atoms with Crippen molar-refractivity contribution in [3.63, 3.8) is 0 Å². The van der Waals surface area contributed by atoms with Crippen LogP contribution in [0.3, 0.4) is 0 Å². The number of fused-ring (bicyclic) bond motifs is 2. The lowest BCUT2D eigenvalue weighted by Gasteiger charge is -2.32. The maximum Gasteiger partial charge on any atom is 0.231 e. The second-order valence-electron chi connectivity index (χ2n) is 10.1. The molecule has 0 bridgehead atoms. The lowest BCUT2D eigenvalue weighted by molar-refractivity contribution is -0.125. The van der Waals surface area contributed by atoms with Crippen molar-refractivity contribution in [2.45, 2.75) is 39.8 Å². The van der Waals surface area contributed by atoms with Crippen LogP contribution in [0, 0.1) is 19.8 Å². The van der Waals surface area contributed by atoms with Gasteiger partial charge in [-0.15, -0.1) is 0 Å². The van der Waals surface area contributed by atoms with Crippen LogP contribution >= 0.6 is 0 Å². The summed E-state index contributed by atoms with van der Waals surface area (Å²) < 4.78 is 13.2. The molecular weight excluding hydrogens is 464 g/mol. The Morgan fingerprint density at radius 1 is 1.00 bits per heavy atom. The summed E-state index contributed by atoms with van der Waals surface area (Å²) in [5.74, 6) is 2.60. The van der Waals surface area contributed by atoms with Crippen LogP contribution in [0.5, 0.6) is 11.5 Å². The number of hydrogen-bond acceptors (Lipinski definition) is 5. The molecule has 1 N–H and O–H groups in total. The normalized spacial score (nSPS) is 15.4. The van der Waals surface area contributed by atoms with Gasteiger partial charge in [-0.1, -0.05) is 42.0 Å². The minimum Gasteiger partial charge on any atom is -0.454 e.